The lowest BCUT2D eigenvalue weighted by atomic mass is 10.0. The molecule has 4 heteroatoms. The van der Waals surface area contributed by atoms with Gasteiger partial charge in [-0.05, 0) is 51.4 Å². The highest BCUT2D eigenvalue weighted by atomic mass is 19.1. The van der Waals surface area contributed by atoms with Gasteiger partial charge in [0.25, 0.3) is 0 Å². The summed E-state index contributed by atoms with van der Waals surface area (Å²) < 4.78 is 20.0. The Balaban J connectivity index is 2.12. The van der Waals surface area contributed by atoms with E-state index in [-0.39, 0.29) is 18.0 Å². The van der Waals surface area contributed by atoms with Crippen molar-refractivity contribution in [1.82, 2.24) is 5.32 Å². The van der Waals surface area contributed by atoms with Gasteiger partial charge in [-0.1, -0.05) is 6.07 Å². The van der Waals surface area contributed by atoms with Gasteiger partial charge in [0, 0.05) is 25.7 Å². The molecule has 1 N–H and O–H groups in total. The Hall–Kier alpha value is -1.13. The van der Waals surface area contributed by atoms with E-state index in [0.29, 0.717) is 5.69 Å². The van der Waals surface area contributed by atoms with Crippen LogP contribution in [0.15, 0.2) is 18.2 Å². The number of benzene rings is 1. The van der Waals surface area contributed by atoms with Gasteiger partial charge < -0.3 is 15.0 Å². The summed E-state index contributed by atoms with van der Waals surface area (Å²) in [5.41, 5.74) is 1.67. The second-order valence-corrected chi connectivity index (χ2v) is 5.39. The van der Waals surface area contributed by atoms with Crippen molar-refractivity contribution in [2.24, 2.45) is 0 Å². The Kier molecular flexibility index (Phi) is 5.38. The fourth-order valence-corrected chi connectivity index (χ4v) is 2.74. The molecular weight excluding hydrogens is 255 g/mol. The lowest BCUT2D eigenvalue weighted by Crippen LogP contribution is -2.40. The molecule has 0 radical (unpaired) electrons. The van der Waals surface area contributed by atoms with Gasteiger partial charge >= 0.3 is 0 Å². The molecule has 1 saturated heterocycles. The number of rotatable bonds is 5. The van der Waals surface area contributed by atoms with Gasteiger partial charge in [0.05, 0.1) is 11.8 Å². The zero-order valence-electron chi connectivity index (χ0n) is 12.7. The summed E-state index contributed by atoms with van der Waals surface area (Å²) in [6.45, 7) is 6.45. The molecule has 1 fully saturated rings. The molecule has 0 amide bonds. The summed E-state index contributed by atoms with van der Waals surface area (Å²) in [4.78, 5) is 2.10. The minimum absolute atomic E-state index is 0.137. The highest BCUT2D eigenvalue weighted by Crippen LogP contribution is 2.26. The lowest BCUT2D eigenvalue weighted by molar-refractivity contribution is 0.0525. The first-order valence-corrected chi connectivity index (χ1v) is 7.49. The number of halogens is 1. The number of hydrogen-bond acceptors (Lipinski definition) is 3. The molecule has 1 aliphatic heterocycles. The van der Waals surface area contributed by atoms with Crippen molar-refractivity contribution < 1.29 is 9.13 Å². The maximum atomic E-state index is 14.3. The van der Waals surface area contributed by atoms with Crippen LogP contribution in [0.25, 0.3) is 0 Å². The van der Waals surface area contributed by atoms with Gasteiger partial charge in [0.15, 0.2) is 0 Å². The third-order valence-corrected chi connectivity index (χ3v) is 4.03. The van der Waals surface area contributed by atoms with Crippen LogP contribution in [0.3, 0.4) is 0 Å². The fraction of sp³-hybridized carbons (Fsp3) is 0.625. The predicted octanol–water partition coefficient (Wildman–Crippen LogP) is 3.11. The molecular formula is C16H25FN2O. The van der Waals surface area contributed by atoms with E-state index in [4.69, 9.17) is 4.74 Å². The maximum absolute atomic E-state index is 14.3. The Morgan fingerprint density at radius 3 is 2.95 bits per heavy atom. The molecule has 20 heavy (non-hydrogen) atoms. The number of piperidine rings is 1. The molecule has 0 aliphatic carbocycles. The number of ether oxygens (including phenoxy) is 1. The van der Waals surface area contributed by atoms with E-state index in [2.05, 4.69) is 10.2 Å². The third-order valence-electron chi connectivity index (χ3n) is 4.03. The van der Waals surface area contributed by atoms with Crippen molar-refractivity contribution in [2.45, 2.75) is 38.8 Å². The van der Waals surface area contributed by atoms with Crippen LogP contribution in [0.1, 0.15) is 38.3 Å². The molecule has 1 aliphatic rings. The average Bonchev–Trinajstić information content (AvgIpc) is 2.47. The van der Waals surface area contributed by atoms with E-state index in [0.717, 1.165) is 38.1 Å². The molecule has 2 rings (SSSR count). The van der Waals surface area contributed by atoms with Gasteiger partial charge in [-0.3, -0.25) is 0 Å². The van der Waals surface area contributed by atoms with Crippen LogP contribution in [-0.2, 0) is 4.74 Å². The number of nitrogens with zero attached hydrogens (tertiary/aromatic N) is 1. The molecule has 0 saturated carbocycles. The summed E-state index contributed by atoms with van der Waals surface area (Å²) in [6, 6.07) is 5.70. The second-order valence-electron chi connectivity index (χ2n) is 5.39. The molecule has 1 heterocycles. The normalized spacial score (nSPS) is 21.0. The van der Waals surface area contributed by atoms with Crippen molar-refractivity contribution >= 4 is 5.69 Å². The Morgan fingerprint density at radius 1 is 1.50 bits per heavy atom. The van der Waals surface area contributed by atoms with Crippen molar-refractivity contribution in [2.75, 3.05) is 31.6 Å². The summed E-state index contributed by atoms with van der Waals surface area (Å²) >= 11 is 0. The number of nitrogens with one attached hydrogen (secondary N) is 1. The van der Waals surface area contributed by atoms with Gasteiger partial charge in [0.1, 0.15) is 5.82 Å². The monoisotopic (exact) mass is 280 g/mol. The fourth-order valence-electron chi connectivity index (χ4n) is 2.74. The highest BCUT2D eigenvalue weighted by molar-refractivity contribution is 5.50. The van der Waals surface area contributed by atoms with Gasteiger partial charge in [-0.2, -0.15) is 0 Å². The first-order valence-electron chi connectivity index (χ1n) is 7.49. The molecule has 3 nitrogen and oxygen atoms in total. The third kappa shape index (κ3) is 3.49. The zero-order valence-corrected chi connectivity index (χ0v) is 12.7. The molecule has 1 aromatic carbocycles. The Labute approximate surface area is 121 Å². The topological polar surface area (TPSA) is 24.5 Å². The van der Waals surface area contributed by atoms with Crippen molar-refractivity contribution in [3.05, 3.63) is 29.6 Å². The second kappa shape index (κ2) is 7.04. The average molecular weight is 280 g/mol. The van der Waals surface area contributed by atoms with Crippen LogP contribution in [0.4, 0.5) is 10.1 Å². The SMILES string of the molecule is CCOC1CCCN(c2ccc(C(C)NC)cc2F)C1. The summed E-state index contributed by atoms with van der Waals surface area (Å²) in [5, 5.41) is 3.13. The van der Waals surface area contributed by atoms with E-state index in [1.165, 1.54) is 0 Å². The van der Waals surface area contributed by atoms with Crippen molar-refractivity contribution in [1.29, 1.82) is 0 Å². The highest BCUT2D eigenvalue weighted by Gasteiger charge is 2.22. The Bertz CT molecular complexity index is 436. The first kappa shape index (κ1) is 15.3. The molecule has 2 unspecified atom stereocenters. The van der Waals surface area contributed by atoms with Crippen LogP contribution in [-0.4, -0.2) is 32.8 Å². The minimum Gasteiger partial charge on any atom is -0.377 e. The standard InChI is InChI=1S/C16H25FN2O/c1-4-20-14-6-5-9-19(11-14)16-8-7-13(10-15(16)17)12(2)18-3/h7-8,10,12,14,18H,4-6,9,11H2,1-3H3. The van der Waals surface area contributed by atoms with E-state index in [1.54, 1.807) is 6.07 Å². The van der Waals surface area contributed by atoms with Crippen LogP contribution in [0, 0.1) is 5.82 Å². The van der Waals surface area contributed by atoms with Gasteiger partial charge in [-0.15, -0.1) is 0 Å². The smallest absolute Gasteiger partial charge is 0.146 e. The zero-order chi connectivity index (χ0) is 14.5. The quantitative estimate of drug-likeness (QED) is 0.897. The van der Waals surface area contributed by atoms with Gasteiger partial charge in [0.2, 0.25) is 0 Å². The molecule has 1 aromatic rings. The van der Waals surface area contributed by atoms with E-state index in [9.17, 15) is 4.39 Å². The summed E-state index contributed by atoms with van der Waals surface area (Å²) in [5.74, 6) is -0.137. The Morgan fingerprint density at radius 2 is 2.30 bits per heavy atom. The van der Waals surface area contributed by atoms with Crippen LogP contribution in [0.5, 0.6) is 0 Å². The predicted molar refractivity (Wildman–Crippen MR) is 80.7 cm³/mol. The molecule has 112 valence electrons. The van der Waals surface area contributed by atoms with Crippen LogP contribution < -0.4 is 10.2 Å². The van der Waals surface area contributed by atoms with Crippen molar-refractivity contribution in [3.63, 3.8) is 0 Å². The van der Waals surface area contributed by atoms with Gasteiger partial charge in [-0.25, -0.2) is 4.39 Å². The largest absolute Gasteiger partial charge is 0.377 e. The molecule has 2 atom stereocenters. The maximum Gasteiger partial charge on any atom is 0.146 e. The van der Waals surface area contributed by atoms with E-state index >= 15 is 0 Å². The summed E-state index contributed by atoms with van der Waals surface area (Å²) in [6.07, 6.45) is 2.35. The molecule has 0 spiro atoms. The minimum atomic E-state index is -0.137. The van der Waals surface area contributed by atoms with E-state index < -0.39 is 0 Å². The van der Waals surface area contributed by atoms with Crippen LogP contribution in [0.2, 0.25) is 0 Å². The van der Waals surface area contributed by atoms with Crippen molar-refractivity contribution in [3.8, 4) is 0 Å². The number of anilines is 1. The molecule has 0 bridgehead atoms. The molecule has 0 aromatic heterocycles. The van der Waals surface area contributed by atoms with Crippen LogP contribution >= 0.6 is 0 Å². The van der Waals surface area contributed by atoms with E-state index in [1.807, 2.05) is 33.0 Å². The summed E-state index contributed by atoms with van der Waals surface area (Å²) in [7, 11) is 1.88. The number of hydrogen-bond donors (Lipinski definition) is 1. The first-order chi connectivity index (χ1) is 9.65. The lowest BCUT2D eigenvalue weighted by Gasteiger charge is -2.34.